The maximum Gasteiger partial charge on any atom is 0.328 e. The van der Waals surface area contributed by atoms with Crippen molar-refractivity contribution in [3.8, 4) is 5.75 Å². The number of nitrogens with zero attached hydrogens (tertiary/aromatic N) is 1. The summed E-state index contributed by atoms with van der Waals surface area (Å²) in [6.07, 6.45) is 7.07. The Labute approximate surface area is 234 Å². The van der Waals surface area contributed by atoms with E-state index in [0.717, 1.165) is 29.3 Å². The van der Waals surface area contributed by atoms with Crippen LogP contribution in [0.4, 0.5) is 0 Å². The van der Waals surface area contributed by atoms with Gasteiger partial charge in [0.25, 0.3) is 5.91 Å². The molecule has 1 aromatic heterocycles. The van der Waals surface area contributed by atoms with Crippen LogP contribution in [0.2, 0.25) is 0 Å². The molecule has 2 saturated heterocycles. The third-order valence-electron chi connectivity index (χ3n) is 9.08. The third kappa shape index (κ3) is 5.53. The molecule has 0 bridgehead atoms. The fourth-order valence-corrected chi connectivity index (χ4v) is 6.89. The number of rotatable bonds is 8. The molecule has 3 heterocycles. The molecule has 0 spiro atoms. The molecule has 3 aliphatic rings. The first-order valence-corrected chi connectivity index (χ1v) is 14.4. The second kappa shape index (κ2) is 11.9. The van der Waals surface area contributed by atoms with Crippen LogP contribution in [0.5, 0.6) is 5.75 Å². The second-order valence-electron chi connectivity index (χ2n) is 11.5. The minimum atomic E-state index is -0.961. The number of fused-ring (bicyclic) bond motifs is 1. The summed E-state index contributed by atoms with van der Waals surface area (Å²) in [7, 11) is 2.88. The van der Waals surface area contributed by atoms with Crippen LogP contribution in [0.25, 0.3) is 10.9 Å². The molecule has 10 nitrogen and oxygen atoms in total. The van der Waals surface area contributed by atoms with E-state index in [1.807, 2.05) is 19.1 Å². The quantitative estimate of drug-likeness (QED) is 0.432. The van der Waals surface area contributed by atoms with Gasteiger partial charge in [-0.25, -0.2) is 4.79 Å². The lowest BCUT2D eigenvalue weighted by atomic mass is 9.79. The zero-order chi connectivity index (χ0) is 28.4. The molecule has 10 heteroatoms. The van der Waals surface area contributed by atoms with Gasteiger partial charge in [0.2, 0.25) is 11.8 Å². The highest BCUT2D eigenvalue weighted by Crippen LogP contribution is 2.39. The Hall–Kier alpha value is -3.56. The number of H-pyrrole nitrogens is 1. The molecule has 2 aromatic rings. The highest BCUT2D eigenvalue weighted by Gasteiger charge is 2.44. The molecule has 1 saturated carbocycles. The number of methoxy groups -OCH3 is 2. The van der Waals surface area contributed by atoms with E-state index >= 15 is 0 Å². The van der Waals surface area contributed by atoms with Gasteiger partial charge in [0.1, 0.15) is 23.5 Å². The molecule has 3 fully saturated rings. The molecule has 216 valence electrons. The molecule has 40 heavy (non-hydrogen) atoms. The van der Waals surface area contributed by atoms with Crippen molar-refractivity contribution in [3.63, 3.8) is 0 Å². The van der Waals surface area contributed by atoms with Crippen LogP contribution in [0.15, 0.2) is 18.2 Å². The summed E-state index contributed by atoms with van der Waals surface area (Å²) < 4.78 is 10.6. The van der Waals surface area contributed by atoms with Gasteiger partial charge in [-0.1, -0.05) is 38.2 Å². The summed E-state index contributed by atoms with van der Waals surface area (Å²) in [5.41, 5.74) is 2.15. The van der Waals surface area contributed by atoms with Crippen LogP contribution in [0.1, 0.15) is 67.4 Å². The van der Waals surface area contributed by atoms with E-state index in [9.17, 15) is 19.2 Å². The summed E-state index contributed by atoms with van der Waals surface area (Å²) in [6, 6.07) is 3.97. The van der Waals surface area contributed by atoms with Gasteiger partial charge < -0.3 is 30.0 Å². The van der Waals surface area contributed by atoms with E-state index in [1.54, 1.807) is 18.1 Å². The molecule has 0 radical (unpaired) electrons. The van der Waals surface area contributed by atoms with Crippen molar-refractivity contribution in [2.24, 2.45) is 17.8 Å². The van der Waals surface area contributed by atoms with Gasteiger partial charge in [-0.15, -0.1) is 0 Å². The summed E-state index contributed by atoms with van der Waals surface area (Å²) in [6.45, 7) is 2.99. The highest BCUT2D eigenvalue weighted by molar-refractivity contribution is 6.02. The molecule has 4 atom stereocenters. The molecule has 1 aliphatic carbocycles. The number of amides is 3. The van der Waals surface area contributed by atoms with Crippen molar-refractivity contribution in [2.75, 3.05) is 27.3 Å². The van der Waals surface area contributed by atoms with Crippen molar-refractivity contribution in [2.45, 2.75) is 70.4 Å². The third-order valence-corrected chi connectivity index (χ3v) is 9.08. The summed E-state index contributed by atoms with van der Waals surface area (Å²) in [5.74, 6) is -0.340. The number of aryl methyl sites for hydroxylation is 1. The van der Waals surface area contributed by atoms with Crippen molar-refractivity contribution < 1.29 is 28.7 Å². The minimum absolute atomic E-state index is 0.123. The molecule has 2 aliphatic heterocycles. The average Bonchev–Trinajstić information content (AvgIpc) is 3.71. The van der Waals surface area contributed by atoms with Crippen LogP contribution in [0.3, 0.4) is 0 Å². The van der Waals surface area contributed by atoms with Crippen molar-refractivity contribution in [1.82, 2.24) is 20.5 Å². The minimum Gasteiger partial charge on any atom is -0.496 e. The molecule has 5 rings (SSSR count). The molecule has 0 unspecified atom stereocenters. The highest BCUT2D eigenvalue weighted by atomic mass is 16.5. The number of aromatic amines is 1. The van der Waals surface area contributed by atoms with Crippen molar-refractivity contribution >= 4 is 34.6 Å². The number of ether oxygens (including phenoxy) is 2. The SMILES string of the molecule is COC(=O)[C@H](C[C@@H]1CCNC1=O)NC(=O)[C@@H]1C[C@@H](C2CCCCC2)CN1C(=O)c1cc2c(OC)c(C)ccc2[nH]1. The van der Waals surface area contributed by atoms with Crippen LogP contribution >= 0.6 is 0 Å². The van der Waals surface area contributed by atoms with E-state index in [2.05, 4.69) is 15.6 Å². The first-order chi connectivity index (χ1) is 19.3. The summed E-state index contributed by atoms with van der Waals surface area (Å²) >= 11 is 0. The Balaban J connectivity index is 1.40. The fraction of sp³-hybridized carbons (Fsp3) is 0.600. The molecular weight excluding hydrogens is 512 g/mol. The number of nitrogens with one attached hydrogen (secondary N) is 3. The summed E-state index contributed by atoms with van der Waals surface area (Å²) in [5, 5.41) is 6.44. The van der Waals surface area contributed by atoms with Crippen LogP contribution in [-0.4, -0.2) is 73.0 Å². The number of esters is 1. The smallest absolute Gasteiger partial charge is 0.328 e. The van der Waals surface area contributed by atoms with Crippen LogP contribution < -0.4 is 15.4 Å². The lowest BCUT2D eigenvalue weighted by Gasteiger charge is -2.27. The monoisotopic (exact) mass is 552 g/mol. The number of carbonyl (C=O) groups excluding carboxylic acids is 4. The van der Waals surface area contributed by atoms with Gasteiger partial charge in [-0.3, -0.25) is 14.4 Å². The van der Waals surface area contributed by atoms with Gasteiger partial charge in [0.15, 0.2) is 0 Å². The normalized spacial score (nSPS) is 24.1. The Morgan fingerprint density at radius 1 is 1.10 bits per heavy atom. The molecule has 3 amide bonds. The Morgan fingerprint density at radius 2 is 1.88 bits per heavy atom. The number of carbonyl (C=O) groups is 4. The van der Waals surface area contributed by atoms with Crippen LogP contribution in [-0.2, 0) is 19.1 Å². The van der Waals surface area contributed by atoms with Crippen LogP contribution in [0, 0.1) is 24.7 Å². The predicted molar refractivity (Wildman–Crippen MR) is 149 cm³/mol. The first kappa shape index (κ1) is 28.0. The van der Waals surface area contributed by atoms with Crippen molar-refractivity contribution in [3.05, 3.63) is 29.5 Å². The predicted octanol–water partition coefficient (Wildman–Crippen LogP) is 3.08. The fourth-order valence-electron chi connectivity index (χ4n) is 6.89. The average molecular weight is 553 g/mol. The van der Waals surface area contributed by atoms with E-state index in [-0.39, 0.29) is 36.0 Å². The lowest BCUT2D eigenvalue weighted by Crippen LogP contribution is -2.51. The number of benzene rings is 1. The topological polar surface area (TPSA) is 130 Å². The number of likely N-dealkylation sites (tertiary alicyclic amines) is 1. The van der Waals surface area contributed by atoms with E-state index < -0.39 is 18.1 Å². The number of hydrogen-bond donors (Lipinski definition) is 3. The zero-order valence-corrected chi connectivity index (χ0v) is 23.6. The standard InChI is InChI=1S/C30H40N4O6/c1-17-9-10-22-21(26(17)39-2)15-23(32-22)29(37)34-16-20(18-7-5-4-6-8-18)14-25(34)28(36)33-24(30(38)40-3)13-19-11-12-31-27(19)35/h9-10,15,18-20,24-25,32H,4-8,11-14,16H2,1-3H3,(H,31,35)(H,33,36)/t19-,20+,24-,25-/m0/s1. The first-order valence-electron chi connectivity index (χ1n) is 14.4. The van der Waals surface area contributed by atoms with Gasteiger partial charge in [-0.2, -0.15) is 0 Å². The Morgan fingerprint density at radius 3 is 2.55 bits per heavy atom. The Bertz CT molecular complexity index is 1280. The largest absolute Gasteiger partial charge is 0.496 e. The van der Waals surface area contributed by atoms with E-state index in [4.69, 9.17) is 9.47 Å². The van der Waals surface area contributed by atoms with Gasteiger partial charge in [0.05, 0.1) is 14.2 Å². The molecule has 1 aromatic carbocycles. The maximum atomic E-state index is 14.0. The summed E-state index contributed by atoms with van der Waals surface area (Å²) in [4.78, 5) is 57.4. The lowest BCUT2D eigenvalue weighted by molar-refractivity contribution is -0.146. The number of hydrogen-bond acceptors (Lipinski definition) is 6. The van der Waals surface area contributed by atoms with E-state index in [1.165, 1.54) is 26.4 Å². The maximum absolute atomic E-state index is 14.0. The van der Waals surface area contributed by atoms with Gasteiger partial charge in [0, 0.05) is 29.9 Å². The van der Waals surface area contributed by atoms with Gasteiger partial charge >= 0.3 is 5.97 Å². The Kier molecular flexibility index (Phi) is 8.32. The second-order valence-corrected chi connectivity index (χ2v) is 11.5. The van der Waals surface area contributed by atoms with Crippen molar-refractivity contribution in [1.29, 1.82) is 0 Å². The van der Waals surface area contributed by atoms with Gasteiger partial charge in [-0.05, 0) is 55.7 Å². The zero-order valence-electron chi connectivity index (χ0n) is 23.6. The number of aromatic nitrogens is 1. The molecular formula is C30H40N4O6. The van der Waals surface area contributed by atoms with E-state index in [0.29, 0.717) is 43.3 Å². The molecule has 3 N–H and O–H groups in total.